The van der Waals surface area contributed by atoms with Gasteiger partial charge in [0.25, 0.3) is 6.33 Å². The Morgan fingerprint density at radius 3 is 1.65 bits per heavy atom. The van der Waals surface area contributed by atoms with Gasteiger partial charge in [-0.2, -0.15) is 0 Å². The van der Waals surface area contributed by atoms with Crippen LogP contribution in [0.5, 0.6) is 11.5 Å². The highest BCUT2D eigenvalue weighted by Gasteiger charge is 2.30. The second-order valence-electron chi connectivity index (χ2n) is 24.8. The van der Waals surface area contributed by atoms with Gasteiger partial charge in [0.2, 0.25) is 0 Å². The van der Waals surface area contributed by atoms with Crippen molar-refractivity contribution in [3.63, 3.8) is 0 Å². The van der Waals surface area contributed by atoms with Gasteiger partial charge < -0.3 is 9.30 Å². The largest absolute Gasteiger partial charge is 0.458 e. The number of pyridine rings is 1. The van der Waals surface area contributed by atoms with E-state index in [1.165, 1.54) is 18.2 Å². The van der Waals surface area contributed by atoms with Crippen LogP contribution in [0.25, 0.3) is 133 Å². The Morgan fingerprint density at radius 2 is 1.01 bits per heavy atom. The summed E-state index contributed by atoms with van der Waals surface area (Å²) in [4.78, 5) is 4.92. The molecule has 0 spiro atoms. The molecule has 15 aromatic rings. The summed E-state index contributed by atoms with van der Waals surface area (Å²) >= 11 is 0. The quantitative estimate of drug-likeness (QED) is 0.118. The molecule has 0 unspecified atom stereocenters. The fourth-order valence-electron chi connectivity index (χ4n) is 13.0. The number of hydrogen-bond donors (Lipinski definition) is 0. The zero-order valence-corrected chi connectivity index (χ0v) is 49.2. The summed E-state index contributed by atoms with van der Waals surface area (Å²) in [5.41, 5.74) is 6.75. The summed E-state index contributed by atoms with van der Waals surface area (Å²) in [5, 5.41) is 3.90. The maximum Gasteiger partial charge on any atom is 0.269 e. The summed E-state index contributed by atoms with van der Waals surface area (Å²) in [7, 11) is 0. The lowest BCUT2D eigenvalue weighted by Crippen LogP contribution is -2.32. The van der Waals surface area contributed by atoms with E-state index in [1.54, 1.807) is 16.7 Å². The Balaban J connectivity index is 1.06. The number of para-hydroxylation sites is 3. The van der Waals surface area contributed by atoms with Crippen molar-refractivity contribution < 1.29 is 28.5 Å². The number of nitrogens with zero attached hydrogens (tertiary/aromatic N) is 5. The van der Waals surface area contributed by atoms with Crippen LogP contribution >= 0.6 is 0 Å². The molecule has 11 aromatic carbocycles. The van der Waals surface area contributed by atoms with E-state index < -0.39 is 62.0 Å². The molecule has 0 saturated carbocycles. The number of hydrogen-bond acceptors (Lipinski definition) is 2. The lowest BCUT2D eigenvalue weighted by Gasteiger charge is -2.23. The Hall–Kier alpha value is -10.6. The molecule has 0 N–H and O–H groups in total. The average Bonchev–Trinajstić information content (AvgIpc) is 1.47. The molecule has 0 saturated heterocycles. The molecule has 0 radical (unpaired) electrons. The highest BCUT2D eigenvalue weighted by molar-refractivity contribution is 6.11. The molecule has 6 heteroatoms. The third-order valence-electron chi connectivity index (χ3n) is 17.3. The summed E-state index contributed by atoms with van der Waals surface area (Å²) in [6, 6.07) is 55.8. The molecule has 0 bridgehead atoms. The highest BCUT2D eigenvalue weighted by atomic mass is 16.5. The minimum Gasteiger partial charge on any atom is -0.458 e. The van der Waals surface area contributed by atoms with Crippen LogP contribution in [-0.4, -0.2) is 18.7 Å². The molecular weight excluding hydrogens is 1070 g/mol. The monoisotopic (exact) mass is 1150 g/mol. The van der Waals surface area contributed by atoms with E-state index in [1.807, 2.05) is 156 Å². The number of imidazole rings is 1. The fourth-order valence-corrected chi connectivity index (χ4v) is 13.0. The summed E-state index contributed by atoms with van der Waals surface area (Å²) in [6.07, 6.45) is 5.61. The van der Waals surface area contributed by atoms with Crippen molar-refractivity contribution in [1.29, 1.82) is 0 Å². The van der Waals surface area contributed by atoms with E-state index in [2.05, 4.69) is 75.2 Å². The van der Waals surface area contributed by atoms with Crippen LogP contribution in [0.4, 0.5) is 0 Å². The van der Waals surface area contributed by atoms with Gasteiger partial charge in [-0.15, -0.1) is 0 Å². The van der Waals surface area contributed by atoms with Crippen LogP contribution in [0, 0.1) is 20.0 Å². The molecule has 0 amide bonds. The SMILES string of the molecule is [2H]c1c([2H])c([2H])c2c(c1[2H])-c1cc(-c3c(C([2H])([2H])[2H])cccc3C([2H])([2H])[2H])cc(-c3ccc(C(C)(C)C)cc3)c1-[n+]1[c-]n(-c3cccc(Oc4ccc5c6ccccc6n(-c6cc(C(C)(C)C)ccn6)c5c4)c3)c3cc(-n4c5ccccc5c5ccccc54)cc(c31)-c1c([2H])c([2H])c([2H])c([2H])c1-2. The van der Waals surface area contributed by atoms with Crippen LogP contribution in [0.2, 0.25) is 0 Å². The maximum atomic E-state index is 10.3. The second kappa shape index (κ2) is 20.0. The number of aromatic nitrogens is 5. The molecule has 16 rings (SSSR count). The molecule has 0 aliphatic carbocycles. The molecule has 88 heavy (non-hydrogen) atoms. The smallest absolute Gasteiger partial charge is 0.269 e. The summed E-state index contributed by atoms with van der Waals surface area (Å²) in [5.74, 6) is 1.70. The highest BCUT2D eigenvalue weighted by Crippen LogP contribution is 2.49. The van der Waals surface area contributed by atoms with Gasteiger partial charge in [0, 0.05) is 47.7 Å². The van der Waals surface area contributed by atoms with Gasteiger partial charge >= 0.3 is 0 Å². The maximum absolute atomic E-state index is 10.3. The van der Waals surface area contributed by atoms with Gasteiger partial charge in [0.1, 0.15) is 17.3 Å². The minimum absolute atomic E-state index is 0.0319. The van der Waals surface area contributed by atoms with Gasteiger partial charge in [-0.05, 0) is 187 Å². The van der Waals surface area contributed by atoms with Crippen LogP contribution in [-0.2, 0) is 10.8 Å². The van der Waals surface area contributed by atoms with Gasteiger partial charge in [-0.3, -0.25) is 13.7 Å². The van der Waals surface area contributed by atoms with Crippen LogP contribution in [0.1, 0.15) is 83.0 Å². The van der Waals surface area contributed by atoms with E-state index in [-0.39, 0.29) is 72.2 Å². The molecule has 4 aromatic heterocycles. The number of benzene rings is 11. The number of aryl methyl sites for hydroxylation is 2. The van der Waals surface area contributed by atoms with E-state index in [4.69, 9.17) is 17.9 Å². The predicted octanol–water partition coefficient (Wildman–Crippen LogP) is 20.9. The van der Waals surface area contributed by atoms with Crippen molar-refractivity contribution in [3.05, 3.63) is 277 Å². The van der Waals surface area contributed by atoms with Crippen molar-refractivity contribution in [3.8, 4) is 90.0 Å². The van der Waals surface area contributed by atoms with E-state index in [0.717, 1.165) is 60.6 Å². The number of rotatable bonds is 7. The molecule has 5 heterocycles. The first kappa shape index (κ1) is 39.9. The first-order valence-corrected chi connectivity index (χ1v) is 29.4. The van der Waals surface area contributed by atoms with Crippen molar-refractivity contribution >= 4 is 54.6 Å². The van der Waals surface area contributed by atoms with Gasteiger partial charge in [-0.25, -0.2) is 4.98 Å². The molecule has 1 aliphatic rings. The topological polar surface area (TPSA) is 40.8 Å². The van der Waals surface area contributed by atoms with Crippen molar-refractivity contribution in [2.45, 2.75) is 66.1 Å². The Bertz CT molecular complexity index is 6000. The molecule has 0 fully saturated rings. The van der Waals surface area contributed by atoms with Gasteiger partial charge in [0.05, 0.1) is 55.4 Å². The van der Waals surface area contributed by atoms with Crippen molar-refractivity contribution in [2.24, 2.45) is 0 Å². The second-order valence-corrected chi connectivity index (χ2v) is 24.8. The van der Waals surface area contributed by atoms with E-state index in [9.17, 15) is 11.0 Å². The van der Waals surface area contributed by atoms with Crippen LogP contribution < -0.4 is 9.30 Å². The van der Waals surface area contributed by atoms with Crippen LogP contribution in [0.3, 0.4) is 0 Å². The van der Waals surface area contributed by atoms with E-state index in [0.29, 0.717) is 45.0 Å². The van der Waals surface area contributed by atoms with Crippen LogP contribution in [0.15, 0.2) is 249 Å². The molecule has 6 nitrogen and oxygen atoms in total. The third kappa shape index (κ3) is 8.53. The summed E-state index contributed by atoms with van der Waals surface area (Å²) < 4.78 is 148. The molecule has 424 valence electrons. The van der Waals surface area contributed by atoms with E-state index >= 15 is 0 Å². The van der Waals surface area contributed by atoms with Crippen molar-refractivity contribution in [1.82, 2.24) is 18.7 Å². The number of fused-ring (bicyclic) bond motifs is 13. The predicted molar refractivity (Wildman–Crippen MR) is 364 cm³/mol. The Morgan fingerprint density at radius 1 is 0.443 bits per heavy atom. The Labute approximate surface area is 533 Å². The lowest BCUT2D eigenvalue weighted by molar-refractivity contribution is -0.570. The third-order valence-corrected chi connectivity index (χ3v) is 17.3. The molecule has 0 atom stereocenters. The fraction of sp³-hybridized carbons (Fsp3) is 0.122. The summed E-state index contributed by atoms with van der Waals surface area (Å²) in [6.45, 7) is 6.97. The lowest BCUT2D eigenvalue weighted by atomic mass is 9.84. The molecular formula is C82H65N5O. The zero-order valence-electron chi connectivity index (χ0n) is 63.2. The molecule has 1 aliphatic heterocycles. The first-order chi connectivity index (χ1) is 48.5. The Kier molecular flexibility index (Phi) is 9.08. The number of ether oxygens (including phenoxy) is 1. The minimum atomic E-state index is -2.89. The average molecular weight is 1150 g/mol. The standard InChI is InChI=1S/C82H65N5O/c1-51-21-19-22-52(2)78(51)54-43-69(53-35-37-55(38-36-53)81(3,4)5)79-70(44-54)63-27-11-9-25-61(63)62-26-10-12-28-64(62)71-47-58(86-72-32-16-13-29-65(72)66-30-14-17-33-73(66)86)48-76-80(71)85(79)50-84(76)57-23-20-24-59(46-57)88-60-39-40-68-67-31-15-18-34-74(67)87(75(68)49-60)77-45-56(41-42-83-77)82(6,7)8/h9-49H,1-8H3/i1D3,2D3,9D,10D,11D,12D,25D,26D,27D,28D. The first-order valence-electron chi connectivity index (χ1n) is 36.4. The zero-order chi connectivity index (χ0) is 71.7. The normalized spacial score (nSPS) is 14.9. The van der Waals surface area contributed by atoms with Crippen molar-refractivity contribution in [2.75, 3.05) is 0 Å². The van der Waals surface area contributed by atoms with Gasteiger partial charge in [0.15, 0.2) is 0 Å². The van der Waals surface area contributed by atoms with Gasteiger partial charge in [-0.1, -0.05) is 193 Å².